The molecule has 3 amide bonds. The molecule has 1 heterocycles. The van der Waals surface area contributed by atoms with Gasteiger partial charge in [-0.15, -0.1) is 11.3 Å². The standard InChI is InChI=1S/C27H24N4O4S2/c1-18(32)28-20-6-5-7-21(14-20)30-26(34)17-37-27-31-22(16-36-27)15-25(33)29-19-10-12-24(13-11-19)35-23-8-3-2-4-9-23/h2-14,16H,15,17H2,1H3,(H,28,32)(H,29,33)(H,30,34). The molecule has 10 heteroatoms. The Morgan fingerprint density at radius 2 is 1.49 bits per heavy atom. The molecule has 0 spiro atoms. The fourth-order valence-electron chi connectivity index (χ4n) is 3.24. The fraction of sp³-hybridized carbons (Fsp3) is 0.111. The van der Waals surface area contributed by atoms with Gasteiger partial charge in [-0.3, -0.25) is 14.4 Å². The Hall–Kier alpha value is -4.15. The van der Waals surface area contributed by atoms with Crippen LogP contribution in [0.15, 0.2) is 88.6 Å². The second-order valence-electron chi connectivity index (χ2n) is 7.87. The Labute approximate surface area is 222 Å². The van der Waals surface area contributed by atoms with Crippen LogP contribution >= 0.6 is 23.1 Å². The minimum atomic E-state index is -0.195. The summed E-state index contributed by atoms with van der Waals surface area (Å²) >= 11 is 2.68. The van der Waals surface area contributed by atoms with Gasteiger partial charge in [0.05, 0.1) is 17.9 Å². The van der Waals surface area contributed by atoms with Crippen molar-refractivity contribution in [1.82, 2.24) is 4.98 Å². The molecule has 0 unspecified atom stereocenters. The lowest BCUT2D eigenvalue weighted by molar-refractivity contribution is -0.116. The van der Waals surface area contributed by atoms with Crippen LogP contribution in [0.1, 0.15) is 12.6 Å². The molecule has 0 saturated heterocycles. The molecule has 4 aromatic rings. The molecule has 4 rings (SSSR count). The summed E-state index contributed by atoms with van der Waals surface area (Å²) in [5.74, 6) is 1.02. The average Bonchev–Trinajstić information content (AvgIpc) is 3.31. The molecule has 3 aromatic carbocycles. The van der Waals surface area contributed by atoms with Crippen molar-refractivity contribution in [3.05, 3.63) is 89.9 Å². The summed E-state index contributed by atoms with van der Waals surface area (Å²) in [6.07, 6.45) is 0.126. The Bertz CT molecular complexity index is 1370. The van der Waals surface area contributed by atoms with Crippen LogP contribution in [0.5, 0.6) is 11.5 Å². The third-order valence-electron chi connectivity index (χ3n) is 4.78. The summed E-state index contributed by atoms with van der Waals surface area (Å²) in [7, 11) is 0. The lowest BCUT2D eigenvalue weighted by Gasteiger charge is -2.08. The molecule has 0 aliphatic carbocycles. The molecule has 0 bridgehead atoms. The van der Waals surface area contributed by atoms with Crippen molar-refractivity contribution in [2.45, 2.75) is 17.7 Å². The lowest BCUT2D eigenvalue weighted by atomic mass is 10.2. The molecule has 0 saturated carbocycles. The van der Waals surface area contributed by atoms with E-state index in [0.717, 1.165) is 5.75 Å². The van der Waals surface area contributed by atoms with Crippen molar-refractivity contribution < 1.29 is 19.1 Å². The Morgan fingerprint density at radius 1 is 0.811 bits per heavy atom. The van der Waals surface area contributed by atoms with Crippen molar-refractivity contribution in [2.24, 2.45) is 0 Å². The largest absolute Gasteiger partial charge is 0.457 e. The molecular formula is C27H24N4O4S2. The summed E-state index contributed by atoms with van der Waals surface area (Å²) < 4.78 is 6.46. The number of hydrogen-bond acceptors (Lipinski definition) is 7. The number of aromatic nitrogens is 1. The first-order valence-electron chi connectivity index (χ1n) is 11.3. The zero-order valence-corrected chi connectivity index (χ0v) is 21.5. The molecule has 0 atom stereocenters. The number of ether oxygens (including phenoxy) is 1. The van der Waals surface area contributed by atoms with Crippen LogP contribution in [0.2, 0.25) is 0 Å². The van der Waals surface area contributed by atoms with Crippen molar-refractivity contribution >= 4 is 57.9 Å². The van der Waals surface area contributed by atoms with E-state index in [4.69, 9.17) is 4.74 Å². The highest BCUT2D eigenvalue weighted by atomic mass is 32.2. The molecule has 0 radical (unpaired) electrons. The van der Waals surface area contributed by atoms with Crippen molar-refractivity contribution in [1.29, 1.82) is 0 Å². The highest BCUT2D eigenvalue weighted by molar-refractivity contribution is 8.01. The van der Waals surface area contributed by atoms with Gasteiger partial charge in [0.25, 0.3) is 0 Å². The quantitative estimate of drug-likeness (QED) is 0.223. The van der Waals surface area contributed by atoms with Gasteiger partial charge >= 0.3 is 0 Å². The molecular weight excluding hydrogens is 508 g/mol. The smallest absolute Gasteiger partial charge is 0.234 e. The van der Waals surface area contributed by atoms with Gasteiger partial charge in [0, 0.05) is 29.4 Å². The molecule has 37 heavy (non-hydrogen) atoms. The van der Waals surface area contributed by atoms with E-state index in [-0.39, 0.29) is 29.9 Å². The zero-order valence-electron chi connectivity index (χ0n) is 19.9. The number of hydrogen-bond donors (Lipinski definition) is 3. The van der Waals surface area contributed by atoms with E-state index in [2.05, 4.69) is 20.9 Å². The summed E-state index contributed by atoms with van der Waals surface area (Å²) in [6.45, 7) is 1.42. The number of thioether (sulfide) groups is 1. The molecule has 1 aromatic heterocycles. The number of anilines is 3. The van der Waals surface area contributed by atoms with E-state index in [9.17, 15) is 14.4 Å². The van der Waals surface area contributed by atoms with Gasteiger partial charge in [-0.2, -0.15) is 0 Å². The zero-order chi connectivity index (χ0) is 26.0. The van der Waals surface area contributed by atoms with Gasteiger partial charge in [0.2, 0.25) is 17.7 Å². The molecule has 0 aliphatic rings. The van der Waals surface area contributed by atoms with E-state index < -0.39 is 0 Å². The van der Waals surface area contributed by atoms with Gasteiger partial charge in [-0.05, 0) is 54.6 Å². The van der Waals surface area contributed by atoms with Crippen LogP contribution < -0.4 is 20.7 Å². The first kappa shape index (κ1) is 25.9. The number of para-hydroxylation sites is 1. The molecule has 8 nitrogen and oxygen atoms in total. The van der Waals surface area contributed by atoms with E-state index in [0.29, 0.717) is 32.8 Å². The normalized spacial score (nSPS) is 10.4. The van der Waals surface area contributed by atoms with Crippen LogP contribution in [0.3, 0.4) is 0 Å². The number of rotatable bonds is 10. The van der Waals surface area contributed by atoms with Crippen LogP contribution in [0, 0.1) is 0 Å². The number of carbonyl (C=O) groups is 3. The Balaban J connectivity index is 1.22. The van der Waals surface area contributed by atoms with Gasteiger partial charge in [0.1, 0.15) is 11.5 Å². The first-order valence-corrected chi connectivity index (χ1v) is 13.2. The highest BCUT2D eigenvalue weighted by Crippen LogP contribution is 2.25. The molecule has 0 aliphatic heterocycles. The third kappa shape index (κ3) is 8.48. The van der Waals surface area contributed by atoms with Crippen molar-refractivity contribution in [3.8, 4) is 11.5 Å². The third-order valence-corrected chi connectivity index (χ3v) is 6.85. The summed E-state index contributed by atoms with van der Waals surface area (Å²) in [5.41, 5.74) is 2.50. The summed E-state index contributed by atoms with van der Waals surface area (Å²) in [5, 5.41) is 10.2. The topological polar surface area (TPSA) is 109 Å². The number of thiazole rings is 1. The van der Waals surface area contributed by atoms with Crippen molar-refractivity contribution in [3.63, 3.8) is 0 Å². The molecule has 3 N–H and O–H groups in total. The summed E-state index contributed by atoms with van der Waals surface area (Å²) in [6, 6.07) is 23.5. The van der Waals surface area contributed by atoms with E-state index in [1.807, 2.05) is 35.7 Å². The Morgan fingerprint density at radius 3 is 2.22 bits per heavy atom. The van der Waals surface area contributed by atoms with E-state index >= 15 is 0 Å². The molecule has 0 fully saturated rings. The Kier molecular flexibility index (Phi) is 8.90. The highest BCUT2D eigenvalue weighted by Gasteiger charge is 2.11. The summed E-state index contributed by atoms with van der Waals surface area (Å²) in [4.78, 5) is 40.4. The van der Waals surface area contributed by atoms with E-state index in [1.165, 1.54) is 30.0 Å². The maximum absolute atomic E-state index is 12.5. The first-order chi connectivity index (χ1) is 17.9. The predicted octanol–water partition coefficient (Wildman–Crippen LogP) is 5.81. The number of carbonyl (C=O) groups excluding carboxylic acids is 3. The minimum absolute atomic E-state index is 0.126. The number of amides is 3. The fourth-order valence-corrected chi connectivity index (χ4v) is 4.88. The van der Waals surface area contributed by atoms with Crippen LogP contribution in [-0.4, -0.2) is 28.5 Å². The number of nitrogens with one attached hydrogen (secondary N) is 3. The van der Waals surface area contributed by atoms with Crippen LogP contribution in [0.25, 0.3) is 0 Å². The molecule has 188 valence electrons. The number of benzene rings is 3. The minimum Gasteiger partial charge on any atom is -0.457 e. The van der Waals surface area contributed by atoms with Crippen LogP contribution in [0.4, 0.5) is 17.1 Å². The predicted molar refractivity (Wildman–Crippen MR) is 148 cm³/mol. The average molecular weight is 533 g/mol. The van der Waals surface area contributed by atoms with Gasteiger partial charge < -0.3 is 20.7 Å². The van der Waals surface area contributed by atoms with Crippen LogP contribution in [-0.2, 0) is 20.8 Å². The van der Waals surface area contributed by atoms with Gasteiger partial charge in [0.15, 0.2) is 4.34 Å². The monoisotopic (exact) mass is 532 g/mol. The maximum atomic E-state index is 12.5. The SMILES string of the molecule is CC(=O)Nc1cccc(NC(=O)CSc2nc(CC(=O)Nc3ccc(Oc4ccccc4)cc3)cs2)c1. The van der Waals surface area contributed by atoms with E-state index in [1.54, 1.807) is 48.5 Å². The second kappa shape index (κ2) is 12.7. The maximum Gasteiger partial charge on any atom is 0.234 e. The second-order valence-corrected chi connectivity index (χ2v) is 9.95. The lowest BCUT2D eigenvalue weighted by Crippen LogP contribution is -2.15. The van der Waals surface area contributed by atoms with Crippen molar-refractivity contribution in [2.75, 3.05) is 21.7 Å². The number of nitrogens with zero attached hydrogens (tertiary/aromatic N) is 1. The van der Waals surface area contributed by atoms with Gasteiger partial charge in [-0.1, -0.05) is 36.0 Å². The van der Waals surface area contributed by atoms with Gasteiger partial charge in [-0.25, -0.2) is 4.98 Å².